The van der Waals surface area contributed by atoms with Crippen LogP contribution in [0.25, 0.3) is 5.76 Å². The molecular weight excluding hydrogens is 374 g/mol. The number of β-amino-alcohol motifs (C(OH)–C–C–N with tert-alkyl or cyclic N) is 1. The van der Waals surface area contributed by atoms with E-state index in [1.165, 1.54) is 24.0 Å². The van der Waals surface area contributed by atoms with Gasteiger partial charge in [0.1, 0.15) is 5.76 Å². The Kier molecular flexibility index (Phi) is 5.89. The summed E-state index contributed by atoms with van der Waals surface area (Å²) in [6, 6.07) is 12.0. The van der Waals surface area contributed by atoms with E-state index in [4.69, 9.17) is 4.74 Å². The SMILES string of the molecule is CCOc1cc([C@@H]2C(=C(O)c3ccccc3)C(=O)C(=O)N2C[C@H](C)O)ccc1O. The molecule has 0 saturated carbocycles. The summed E-state index contributed by atoms with van der Waals surface area (Å²) in [4.78, 5) is 26.7. The van der Waals surface area contributed by atoms with E-state index in [9.17, 15) is 24.9 Å². The van der Waals surface area contributed by atoms with Crippen molar-refractivity contribution in [3.63, 3.8) is 0 Å². The number of nitrogens with zero attached hydrogens (tertiary/aromatic N) is 1. The maximum Gasteiger partial charge on any atom is 0.295 e. The second-order valence-electron chi connectivity index (χ2n) is 6.83. The highest BCUT2D eigenvalue weighted by molar-refractivity contribution is 6.46. The van der Waals surface area contributed by atoms with Crippen molar-refractivity contribution in [2.24, 2.45) is 0 Å². The fourth-order valence-electron chi connectivity index (χ4n) is 3.42. The van der Waals surface area contributed by atoms with Crippen molar-refractivity contribution in [1.29, 1.82) is 0 Å². The summed E-state index contributed by atoms with van der Waals surface area (Å²) in [5.41, 5.74) is 0.801. The molecule has 0 spiro atoms. The molecule has 3 rings (SSSR count). The second kappa shape index (κ2) is 8.36. The van der Waals surface area contributed by atoms with E-state index in [2.05, 4.69) is 0 Å². The standard InChI is InChI=1S/C22H23NO6/c1-3-29-17-11-15(9-10-16(17)25)19-18(20(26)14-7-5-4-6-8-14)21(27)22(28)23(19)12-13(2)24/h4-11,13,19,24-26H,3,12H2,1-2H3/t13-,19+/m0/s1. The fourth-order valence-corrected chi connectivity index (χ4v) is 3.42. The maximum atomic E-state index is 12.8. The average molecular weight is 397 g/mol. The van der Waals surface area contributed by atoms with Gasteiger partial charge in [-0.25, -0.2) is 0 Å². The zero-order valence-electron chi connectivity index (χ0n) is 16.2. The molecule has 1 fully saturated rings. The molecule has 1 heterocycles. The third kappa shape index (κ3) is 3.95. The highest BCUT2D eigenvalue weighted by atomic mass is 16.5. The molecule has 1 aliphatic rings. The first-order valence-corrected chi connectivity index (χ1v) is 9.32. The van der Waals surface area contributed by atoms with Gasteiger partial charge in [-0.15, -0.1) is 0 Å². The molecule has 152 valence electrons. The van der Waals surface area contributed by atoms with Crippen molar-refractivity contribution in [2.45, 2.75) is 26.0 Å². The Morgan fingerprint density at radius 2 is 1.86 bits per heavy atom. The summed E-state index contributed by atoms with van der Waals surface area (Å²) in [5, 5.41) is 30.7. The molecule has 7 nitrogen and oxygen atoms in total. The quantitative estimate of drug-likeness (QED) is 0.393. The Balaban J connectivity index is 2.20. The predicted octanol–water partition coefficient (Wildman–Crippen LogP) is 2.59. The Bertz CT molecular complexity index is 951. The number of amides is 1. The van der Waals surface area contributed by atoms with Crippen LogP contribution < -0.4 is 4.74 Å². The van der Waals surface area contributed by atoms with E-state index < -0.39 is 23.8 Å². The summed E-state index contributed by atoms with van der Waals surface area (Å²) in [5.74, 6) is -1.81. The molecule has 1 aliphatic heterocycles. The molecule has 1 saturated heterocycles. The number of hydrogen-bond donors (Lipinski definition) is 3. The van der Waals surface area contributed by atoms with Crippen LogP contribution in [-0.4, -0.2) is 51.2 Å². The summed E-state index contributed by atoms with van der Waals surface area (Å²) in [7, 11) is 0. The number of rotatable bonds is 6. The molecule has 7 heteroatoms. The Hall–Kier alpha value is -3.32. The van der Waals surface area contributed by atoms with Gasteiger partial charge in [0.05, 0.1) is 24.3 Å². The minimum Gasteiger partial charge on any atom is -0.507 e. The number of likely N-dealkylation sites (tertiary alicyclic amines) is 1. The van der Waals surface area contributed by atoms with E-state index in [1.54, 1.807) is 43.3 Å². The monoisotopic (exact) mass is 397 g/mol. The third-order valence-corrected chi connectivity index (χ3v) is 4.65. The van der Waals surface area contributed by atoms with Crippen molar-refractivity contribution in [3.8, 4) is 11.5 Å². The van der Waals surface area contributed by atoms with Crippen LogP contribution in [0.1, 0.15) is 31.0 Å². The van der Waals surface area contributed by atoms with Gasteiger partial charge in [0.25, 0.3) is 11.7 Å². The van der Waals surface area contributed by atoms with Gasteiger partial charge in [0, 0.05) is 12.1 Å². The number of phenols is 1. The zero-order valence-corrected chi connectivity index (χ0v) is 16.2. The van der Waals surface area contributed by atoms with Gasteiger partial charge in [-0.1, -0.05) is 36.4 Å². The number of aliphatic hydroxyl groups is 2. The van der Waals surface area contributed by atoms with Crippen LogP contribution in [-0.2, 0) is 9.59 Å². The Labute approximate surface area is 168 Å². The number of ether oxygens (including phenoxy) is 1. The van der Waals surface area contributed by atoms with Crippen molar-refractivity contribution in [1.82, 2.24) is 4.90 Å². The van der Waals surface area contributed by atoms with Crippen LogP contribution in [0, 0.1) is 0 Å². The number of carbonyl (C=O) groups is 2. The minimum absolute atomic E-state index is 0.0741. The van der Waals surface area contributed by atoms with Crippen molar-refractivity contribution in [3.05, 3.63) is 65.2 Å². The zero-order chi connectivity index (χ0) is 21.1. The summed E-state index contributed by atoms with van der Waals surface area (Å²) in [6.45, 7) is 3.50. The maximum absolute atomic E-state index is 12.8. The van der Waals surface area contributed by atoms with E-state index >= 15 is 0 Å². The fraction of sp³-hybridized carbons (Fsp3) is 0.273. The van der Waals surface area contributed by atoms with Gasteiger partial charge in [-0.2, -0.15) is 0 Å². The third-order valence-electron chi connectivity index (χ3n) is 4.65. The number of phenolic OH excluding ortho intramolecular Hbond substituents is 1. The molecule has 0 aromatic heterocycles. The van der Waals surface area contributed by atoms with Crippen LogP contribution >= 0.6 is 0 Å². The largest absolute Gasteiger partial charge is 0.507 e. The first kappa shape index (κ1) is 20.4. The van der Waals surface area contributed by atoms with Gasteiger partial charge >= 0.3 is 0 Å². The summed E-state index contributed by atoms with van der Waals surface area (Å²) in [6.07, 6.45) is -0.879. The van der Waals surface area contributed by atoms with Gasteiger partial charge in [0.2, 0.25) is 0 Å². The van der Waals surface area contributed by atoms with Crippen molar-refractivity contribution >= 4 is 17.4 Å². The second-order valence-corrected chi connectivity index (χ2v) is 6.83. The van der Waals surface area contributed by atoms with Crippen molar-refractivity contribution in [2.75, 3.05) is 13.2 Å². The highest BCUT2D eigenvalue weighted by Gasteiger charge is 2.46. The van der Waals surface area contributed by atoms with E-state index in [1.807, 2.05) is 0 Å². The number of aromatic hydroxyl groups is 1. The Morgan fingerprint density at radius 3 is 2.48 bits per heavy atom. The van der Waals surface area contributed by atoms with Crippen molar-refractivity contribution < 1.29 is 29.6 Å². The lowest BCUT2D eigenvalue weighted by Gasteiger charge is -2.26. The summed E-state index contributed by atoms with van der Waals surface area (Å²) < 4.78 is 5.42. The van der Waals surface area contributed by atoms with Gasteiger partial charge in [0.15, 0.2) is 11.5 Å². The van der Waals surface area contributed by atoms with Crippen LogP contribution in [0.15, 0.2) is 54.1 Å². The molecule has 2 atom stereocenters. The highest BCUT2D eigenvalue weighted by Crippen LogP contribution is 2.41. The van der Waals surface area contributed by atoms with Gasteiger partial charge < -0.3 is 25.0 Å². The molecule has 0 bridgehead atoms. The number of ketones is 1. The number of aliphatic hydroxyl groups excluding tert-OH is 2. The van der Waals surface area contributed by atoms with Crippen LogP contribution in [0.2, 0.25) is 0 Å². The smallest absolute Gasteiger partial charge is 0.295 e. The molecule has 0 aliphatic carbocycles. The molecule has 2 aromatic carbocycles. The van der Waals surface area contributed by atoms with E-state index in [-0.39, 0.29) is 29.4 Å². The summed E-state index contributed by atoms with van der Waals surface area (Å²) >= 11 is 0. The minimum atomic E-state index is -0.926. The molecule has 29 heavy (non-hydrogen) atoms. The predicted molar refractivity (Wildman–Crippen MR) is 106 cm³/mol. The van der Waals surface area contributed by atoms with Crippen LogP contribution in [0.4, 0.5) is 0 Å². The molecule has 2 aromatic rings. The first-order chi connectivity index (χ1) is 13.8. The van der Waals surface area contributed by atoms with Crippen LogP contribution in [0.5, 0.6) is 11.5 Å². The topological polar surface area (TPSA) is 107 Å². The average Bonchev–Trinajstić information content (AvgIpc) is 2.94. The van der Waals surface area contributed by atoms with Gasteiger partial charge in [-0.05, 0) is 31.5 Å². The lowest BCUT2D eigenvalue weighted by molar-refractivity contribution is -0.140. The molecular formula is C22H23NO6. The van der Waals surface area contributed by atoms with Crippen LogP contribution in [0.3, 0.4) is 0 Å². The lowest BCUT2D eigenvalue weighted by Crippen LogP contribution is -2.35. The molecule has 0 unspecified atom stereocenters. The lowest BCUT2D eigenvalue weighted by atomic mass is 9.95. The van der Waals surface area contributed by atoms with E-state index in [0.717, 1.165) is 0 Å². The number of Topliss-reactive ketones (excluding diaryl/α,β-unsaturated/α-hetero) is 1. The van der Waals surface area contributed by atoms with Gasteiger partial charge in [-0.3, -0.25) is 9.59 Å². The molecule has 0 radical (unpaired) electrons. The number of hydrogen-bond acceptors (Lipinski definition) is 6. The normalized spacial score (nSPS) is 19.4. The number of benzene rings is 2. The van der Waals surface area contributed by atoms with E-state index in [0.29, 0.717) is 17.7 Å². The molecule has 1 amide bonds. The Morgan fingerprint density at radius 1 is 1.17 bits per heavy atom. The molecule has 3 N–H and O–H groups in total. The first-order valence-electron chi connectivity index (χ1n) is 9.32. The number of carbonyl (C=O) groups excluding carboxylic acids is 2.